The van der Waals surface area contributed by atoms with Crippen LogP contribution in [0.2, 0.25) is 0 Å². The highest BCUT2D eigenvalue weighted by Crippen LogP contribution is 2.37. The molecular formula is C16H22N2O4. The van der Waals surface area contributed by atoms with Gasteiger partial charge < -0.3 is 14.8 Å². The van der Waals surface area contributed by atoms with Crippen LogP contribution in [-0.4, -0.2) is 46.6 Å². The molecule has 2 N–H and O–H groups in total. The van der Waals surface area contributed by atoms with Crippen LogP contribution in [0, 0.1) is 0 Å². The van der Waals surface area contributed by atoms with Crippen LogP contribution >= 0.6 is 0 Å². The molecule has 1 aromatic heterocycles. The third kappa shape index (κ3) is 3.32. The number of amides is 1. The monoisotopic (exact) mass is 306 g/mol. The number of hydrogen-bond acceptors (Lipinski definition) is 4. The molecule has 0 spiro atoms. The van der Waals surface area contributed by atoms with E-state index < -0.39 is 12.0 Å². The first kappa shape index (κ1) is 15.1. The smallest absolute Gasteiger partial charge is 0.320 e. The highest BCUT2D eigenvalue weighted by atomic mass is 16.4. The van der Waals surface area contributed by atoms with Crippen molar-refractivity contribution in [2.45, 2.75) is 56.7 Å². The van der Waals surface area contributed by atoms with E-state index in [0.29, 0.717) is 19.4 Å². The van der Waals surface area contributed by atoms with Crippen molar-refractivity contribution in [3.63, 3.8) is 0 Å². The van der Waals surface area contributed by atoms with Crippen molar-refractivity contribution in [2.24, 2.45) is 0 Å². The fourth-order valence-corrected chi connectivity index (χ4v) is 3.28. The van der Waals surface area contributed by atoms with Crippen molar-refractivity contribution < 1.29 is 19.1 Å². The van der Waals surface area contributed by atoms with Crippen LogP contribution < -0.4 is 5.32 Å². The lowest BCUT2D eigenvalue weighted by Gasteiger charge is -2.27. The molecule has 1 aliphatic carbocycles. The van der Waals surface area contributed by atoms with E-state index in [9.17, 15) is 14.7 Å². The van der Waals surface area contributed by atoms with Crippen LogP contribution in [0.5, 0.6) is 0 Å². The molecule has 3 rings (SSSR count). The van der Waals surface area contributed by atoms with Gasteiger partial charge in [0.1, 0.15) is 11.8 Å². The predicted octanol–water partition coefficient (Wildman–Crippen LogP) is 1.41. The zero-order valence-corrected chi connectivity index (χ0v) is 12.5. The van der Waals surface area contributed by atoms with Gasteiger partial charge in [-0.15, -0.1) is 0 Å². The van der Waals surface area contributed by atoms with Gasteiger partial charge in [-0.25, -0.2) is 0 Å². The minimum Gasteiger partial charge on any atom is -0.480 e. The molecule has 0 bridgehead atoms. The van der Waals surface area contributed by atoms with Gasteiger partial charge in [-0.05, 0) is 44.2 Å². The third-order valence-corrected chi connectivity index (χ3v) is 4.47. The van der Waals surface area contributed by atoms with Gasteiger partial charge in [0.2, 0.25) is 5.91 Å². The Morgan fingerprint density at radius 3 is 2.68 bits per heavy atom. The average Bonchev–Trinajstić information content (AvgIpc) is 3.03. The maximum Gasteiger partial charge on any atom is 0.320 e. The topological polar surface area (TPSA) is 82.8 Å². The minimum absolute atomic E-state index is 0.0323. The molecule has 1 saturated heterocycles. The lowest BCUT2D eigenvalue weighted by Crippen LogP contribution is -2.49. The zero-order valence-electron chi connectivity index (χ0n) is 12.5. The fourth-order valence-electron chi connectivity index (χ4n) is 3.28. The van der Waals surface area contributed by atoms with Crippen LogP contribution in [0.1, 0.15) is 37.9 Å². The van der Waals surface area contributed by atoms with E-state index in [1.165, 1.54) is 0 Å². The molecule has 6 nitrogen and oxygen atoms in total. The van der Waals surface area contributed by atoms with E-state index in [2.05, 4.69) is 5.32 Å². The SMILES string of the molecule is O=C(O)C1CCC(C(=O)NCCCc2ccco2)N1C1CC1. The number of nitrogens with zero attached hydrogens (tertiary/aromatic N) is 1. The minimum atomic E-state index is -0.806. The Morgan fingerprint density at radius 1 is 1.27 bits per heavy atom. The molecule has 120 valence electrons. The molecule has 2 fully saturated rings. The molecule has 6 heteroatoms. The van der Waals surface area contributed by atoms with E-state index in [-0.39, 0.29) is 18.0 Å². The number of carbonyl (C=O) groups is 2. The van der Waals surface area contributed by atoms with Crippen LogP contribution in [0.4, 0.5) is 0 Å². The van der Waals surface area contributed by atoms with Crippen molar-refractivity contribution >= 4 is 11.9 Å². The number of carboxylic acids is 1. The lowest BCUT2D eigenvalue weighted by atomic mass is 10.2. The second-order valence-corrected chi connectivity index (χ2v) is 6.10. The molecule has 1 saturated carbocycles. The molecule has 0 radical (unpaired) electrons. The number of nitrogens with one attached hydrogen (secondary N) is 1. The lowest BCUT2D eigenvalue weighted by molar-refractivity contribution is -0.143. The van der Waals surface area contributed by atoms with E-state index in [4.69, 9.17) is 4.42 Å². The first-order valence-corrected chi connectivity index (χ1v) is 7.97. The summed E-state index contributed by atoms with van der Waals surface area (Å²) >= 11 is 0. The van der Waals surface area contributed by atoms with E-state index >= 15 is 0 Å². The van der Waals surface area contributed by atoms with Gasteiger partial charge in [-0.1, -0.05) is 0 Å². The Hall–Kier alpha value is -1.82. The molecule has 22 heavy (non-hydrogen) atoms. The molecule has 2 heterocycles. The van der Waals surface area contributed by atoms with Gasteiger partial charge in [0, 0.05) is 19.0 Å². The number of carboxylic acid groups (broad SMARTS) is 1. The van der Waals surface area contributed by atoms with Crippen molar-refractivity contribution in [1.82, 2.24) is 10.2 Å². The van der Waals surface area contributed by atoms with Crippen molar-refractivity contribution in [3.8, 4) is 0 Å². The number of furan rings is 1. The van der Waals surface area contributed by atoms with E-state index in [1.54, 1.807) is 6.26 Å². The van der Waals surface area contributed by atoms with Gasteiger partial charge in [0.15, 0.2) is 0 Å². The maximum absolute atomic E-state index is 12.3. The third-order valence-electron chi connectivity index (χ3n) is 4.47. The summed E-state index contributed by atoms with van der Waals surface area (Å²) in [5.74, 6) is 0.0794. The maximum atomic E-state index is 12.3. The Morgan fingerprint density at radius 2 is 2.05 bits per heavy atom. The van der Waals surface area contributed by atoms with Crippen LogP contribution in [0.25, 0.3) is 0 Å². The van der Waals surface area contributed by atoms with Gasteiger partial charge >= 0.3 is 5.97 Å². The second-order valence-electron chi connectivity index (χ2n) is 6.10. The van der Waals surface area contributed by atoms with Crippen LogP contribution in [-0.2, 0) is 16.0 Å². The summed E-state index contributed by atoms with van der Waals surface area (Å²) in [6, 6.07) is 3.28. The summed E-state index contributed by atoms with van der Waals surface area (Å²) in [5, 5.41) is 12.2. The largest absolute Gasteiger partial charge is 0.480 e. The van der Waals surface area contributed by atoms with Crippen LogP contribution in [0.3, 0.4) is 0 Å². The Bertz CT molecular complexity index is 524. The van der Waals surface area contributed by atoms with Crippen molar-refractivity contribution in [3.05, 3.63) is 24.2 Å². The standard InChI is InChI=1S/C16H22N2O4/c19-15(17-9-1-3-12-4-2-10-22-12)13-7-8-14(16(20)21)18(13)11-5-6-11/h2,4,10-11,13-14H,1,3,5-9H2,(H,17,19)(H,20,21). The Balaban J connectivity index is 1.47. The summed E-state index contributed by atoms with van der Waals surface area (Å²) in [5.41, 5.74) is 0. The van der Waals surface area contributed by atoms with E-state index in [0.717, 1.165) is 31.4 Å². The summed E-state index contributed by atoms with van der Waals surface area (Å²) in [6.07, 6.45) is 6.47. The fraction of sp³-hybridized carbons (Fsp3) is 0.625. The highest BCUT2D eigenvalue weighted by molar-refractivity contribution is 5.84. The summed E-state index contributed by atoms with van der Waals surface area (Å²) in [6.45, 7) is 0.590. The first-order chi connectivity index (χ1) is 10.7. The summed E-state index contributed by atoms with van der Waals surface area (Å²) in [4.78, 5) is 25.6. The molecule has 1 aliphatic heterocycles. The number of aliphatic carboxylic acids is 1. The van der Waals surface area contributed by atoms with Gasteiger partial charge in [0.25, 0.3) is 0 Å². The number of rotatable bonds is 7. The molecule has 2 atom stereocenters. The van der Waals surface area contributed by atoms with Gasteiger partial charge in [-0.2, -0.15) is 0 Å². The molecule has 2 aliphatic rings. The van der Waals surface area contributed by atoms with Crippen molar-refractivity contribution in [2.75, 3.05) is 6.54 Å². The number of likely N-dealkylation sites (tertiary alicyclic amines) is 1. The van der Waals surface area contributed by atoms with Crippen LogP contribution in [0.15, 0.2) is 22.8 Å². The van der Waals surface area contributed by atoms with Gasteiger partial charge in [-0.3, -0.25) is 14.5 Å². The predicted molar refractivity (Wildman–Crippen MR) is 79.3 cm³/mol. The quantitative estimate of drug-likeness (QED) is 0.744. The van der Waals surface area contributed by atoms with E-state index in [1.807, 2.05) is 17.0 Å². The normalized spacial score (nSPS) is 25.3. The Kier molecular flexibility index (Phi) is 4.47. The molecular weight excluding hydrogens is 284 g/mol. The highest BCUT2D eigenvalue weighted by Gasteiger charge is 2.48. The van der Waals surface area contributed by atoms with Crippen molar-refractivity contribution in [1.29, 1.82) is 0 Å². The number of hydrogen-bond donors (Lipinski definition) is 2. The van der Waals surface area contributed by atoms with Gasteiger partial charge in [0.05, 0.1) is 12.3 Å². The number of carbonyl (C=O) groups excluding carboxylic acids is 1. The molecule has 1 amide bonds. The summed E-state index contributed by atoms with van der Waals surface area (Å²) in [7, 11) is 0. The molecule has 0 aromatic carbocycles. The average molecular weight is 306 g/mol. The first-order valence-electron chi connectivity index (χ1n) is 7.97. The second kappa shape index (κ2) is 6.52. The molecule has 1 aromatic rings. The summed E-state index contributed by atoms with van der Waals surface area (Å²) < 4.78 is 5.25. The Labute approximate surface area is 129 Å². The molecule has 2 unspecified atom stereocenters. The zero-order chi connectivity index (χ0) is 15.5. The number of aryl methyl sites for hydroxylation is 1.